The van der Waals surface area contributed by atoms with Crippen LogP contribution in [0.1, 0.15) is 57.9 Å². The van der Waals surface area contributed by atoms with Gasteiger partial charge in [-0.05, 0) is 74.3 Å². The van der Waals surface area contributed by atoms with E-state index >= 15 is 0 Å². The molecule has 0 aliphatic heterocycles. The largest absolute Gasteiger partial charge is 0.481 e. The first kappa shape index (κ1) is 16.4. The third-order valence-electron chi connectivity index (χ3n) is 6.81. The van der Waals surface area contributed by atoms with Crippen molar-refractivity contribution in [2.24, 2.45) is 22.7 Å². The summed E-state index contributed by atoms with van der Waals surface area (Å²) in [6.45, 7) is 8.65. The van der Waals surface area contributed by atoms with Gasteiger partial charge < -0.3 is 9.52 Å². The van der Waals surface area contributed by atoms with E-state index in [9.17, 15) is 9.90 Å². The van der Waals surface area contributed by atoms with E-state index in [1.807, 2.05) is 19.3 Å². The maximum atomic E-state index is 12.0. The van der Waals surface area contributed by atoms with Crippen molar-refractivity contribution in [3.05, 3.63) is 36.3 Å². The zero-order valence-corrected chi connectivity index (χ0v) is 14.3. The number of rotatable bonds is 4. The fourth-order valence-electron chi connectivity index (χ4n) is 5.48. The molecule has 2 saturated carbocycles. The van der Waals surface area contributed by atoms with Crippen molar-refractivity contribution in [1.82, 2.24) is 0 Å². The Bertz CT molecular complexity index is 588. The number of carbonyl (C=O) groups is 1. The first-order chi connectivity index (χ1) is 10.9. The van der Waals surface area contributed by atoms with Gasteiger partial charge in [0.05, 0.1) is 17.9 Å². The summed E-state index contributed by atoms with van der Waals surface area (Å²) < 4.78 is 5.18. The number of aryl methyl sites for hydroxylation is 1. The van der Waals surface area contributed by atoms with Gasteiger partial charge >= 0.3 is 5.97 Å². The van der Waals surface area contributed by atoms with Gasteiger partial charge in [0.1, 0.15) is 0 Å². The molecule has 2 fully saturated rings. The number of hydrogen-bond donors (Lipinski definition) is 1. The summed E-state index contributed by atoms with van der Waals surface area (Å²) in [6, 6.07) is 2.02. The van der Waals surface area contributed by atoms with Gasteiger partial charge in [-0.3, -0.25) is 4.79 Å². The molecule has 3 nitrogen and oxygen atoms in total. The average molecular weight is 316 g/mol. The molecular formula is C20H28O3. The molecule has 0 amide bonds. The van der Waals surface area contributed by atoms with Crippen LogP contribution in [0.15, 0.2) is 35.2 Å². The summed E-state index contributed by atoms with van der Waals surface area (Å²) in [7, 11) is 0. The number of carboxylic acid groups (broad SMARTS) is 1. The lowest BCUT2D eigenvalue weighted by atomic mass is 9.46. The third-order valence-corrected chi connectivity index (χ3v) is 6.81. The number of hydrogen-bond acceptors (Lipinski definition) is 2. The zero-order chi connectivity index (χ0) is 16.7. The number of aliphatic carboxylic acids is 1. The van der Waals surface area contributed by atoms with Crippen LogP contribution < -0.4 is 0 Å². The van der Waals surface area contributed by atoms with E-state index in [1.54, 1.807) is 6.26 Å². The normalized spacial score (nSPS) is 37.4. The molecule has 1 aromatic rings. The molecule has 0 aromatic carbocycles. The van der Waals surface area contributed by atoms with Gasteiger partial charge in [0, 0.05) is 0 Å². The minimum atomic E-state index is -0.616. The second-order valence-electron chi connectivity index (χ2n) is 8.05. The quantitative estimate of drug-likeness (QED) is 0.788. The fourth-order valence-corrected chi connectivity index (χ4v) is 5.48. The van der Waals surface area contributed by atoms with Gasteiger partial charge in [0.15, 0.2) is 0 Å². The van der Waals surface area contributed by atoms with Crippen molar-refractivity contribution < 1.29 is 14.3 Å². The Kier molecular flexibility index (Phi) is 4.16. The standard InChI is InChI=1S/C20H28O3/c1-14-5-8-17-19(2,10-4-11-20(17,3)18(21)22)16(14)7-6-15-9-12-23-13-15/h9,12-13,16-17H,1,4-8,10-11H2,2-3H3,(H,21,22)/t16-,17+,19-,20-/m1/s1. The number of fused-ring (bicyclic) bond motifs is 1. The van der Waals surface area contributed by atoms with Crippen LogP contribution in [0.2, 0.25) is 0 Å². The highest BCUT2D eigenvalue weighted by Crippen LogP contribution is 2.61. The minimum Gasteiger partial charge on any atom is -0.481 e. The molecule has 3 rings (SSSR count). The highest BCUT2D eigenvalue weighted by Gasteiger charge is 2.57. The van der Waals surface area contributed by atoms with Crippen LogP contribution in [0, 0.1) is 22.7 Å². The van der Waals surface area contributed by atoms with Crippen molar-refractivity contribution in [1.29, 1.82) is 0 Å². The van der Waals surface area contributed by atoms with Gasteiger partial charge in [-0.15, -0.1) is 0 Å². The molecule has 0 saturated heterocycles. The Hall–Kier alpha value is -1.51. The minimum absolute atomic E-state index is 0.0600. The van der Waals surface area contributed by atoms with Crippen molar-refractivity contribution in [2.45, 2.75) is 58.8 Å². The van der Waals surface area contributed by atoms with Gasteiger partial charge in [0.25, 0.3) is 0 Å². The summed E-state index contributed by atoms with van der Waals surface area (Å²) in [5, 5.41) is 9.85. The van der Waals surface area contributed by atoms with E-state index in [-0.39, 0.29) is 11.3 Å². The van der Waals surface area contributed by atoms with Crippen molar-refractivity contribution >= 4 is 5.97 Å². The van der Waals surface area contributed by atoms with Crippen LogP contribution in [-0.2, 0) is 11.2 Å². The van der Waals surface area contributed by atoms with Crippen molar-refractivity contribution in [3.8, 4) is 0 Å². The summed E-state index contributed by atoms with van der Waals surface area (Å²) in [5.74, 6) is 0.0470. The molecule has 4 atom stereocenters. The van der Waals surface area contributed by atoms with Crippen LogP contribution in [0.5, 0.6) is 0 Å². The first-order valence-electron chi connectivity index (χ1n) is 8.80. The van der Waals surface area contributed by atoms with Gasteiger partial charge in [-0.2, -0.15) is 0 Å². The molecule has 1 N–H and O–H groups in total. The molecule has 0 bridgehead atoms. The van der Waals surface area contributed by atoms with Crippen LogP contribution >= 0.6 is 0 Å². The van der Waals surface area contributed by atoms with Gasteiger partial charge in [-0.25, -0.2) is 0 Å². The predicted molar refractivity (Wildman–Crippen MR) is 90.1 cm³/mol. The predicted octanol–water partition coefficient (Wildman–Crippen LogP) is 5.08. The first-order valence-corrected chi connectivity index (χ1v) is 8.80. The summed E-state index contributed by atoms with van der Waals surface area (Å²) >= 11 is 0. The number of carboxylic acids is 1. The highest BCUT2D eigenvalue weighted by molar-refractivity contribution is 5.75. The van der Waals surface area contributed by atoms with Crippen molar-refractivity contribution in [2.75, 3.05) is 0 Å². The van der Waals surface area contributed by atoms with Crippen LogP contribution in [0.25, 0.3) is 0 Å². The Morgan fingerprint density at radius 1 is 1.43 bits per heavy atom. The molecular weight excluding hydrogens is 288 g/mol. The lowest BCUT2D eigenvalue weighted by Crippen LogP contribution is -2.53. The molecule has 0 unspecified atom stereocenters. The highest BCUT2D eigenvalue weighted by atomic mass is 16.4. The van der Waals surface area contributed by atoms with E-state index in [1.165, 1.54) is 11.1 Å². The molecule has 126 valence electrons. The van der Waals surface area contributed by atoms with E-state index in [0.717, 1.165) is 44.9 Å². The molecule has 2 aliphatic carbocycles. The van der Waals surface area contributed by atoms with Crippen LogP contribution in [-0.4, -0.2) is 11.1 Å². The Morgan fingerprint density at radius 3 is 2.87 bits per heavy atom. The van der Waals surface area contributed by atoms with Gasteiger partial charge in [-0.1, -0.05) is 25.5 Å². The smallest absolute Gasteiger partial charge is 0.309 e. The van der Waals surface area contributed by atoms with Crippen LogP contribution in [0.4, 0.5) is 0 Å². The summed E-state index contributed by atoms with van der Waals surface area (Å²) in [6.07, 6.45) is 10.4. The molecule has 1 heterocycles. The fraction of sp³-hybridized carbons (Fsp3) is 0.650. The molecule has 23 heavy (non-hydrogen) atoms. The lowest BCUT2D eigenvalue weighted by Gasteiger charge is -2.57. The maximum Gasteiger partial charge on any atom is 0.309 e. The second-order valence-corrected chi connectivity index (χ2v) is 8.05. The number of allylic oxidation sites excluding steroid dienone is 1. The molecule has 0 spiro atoms. The lowest BCUT2D eigenvalue weighted by molar-refractivity contribution is -0.164. The zero-order valence-electron chi connectivity index (χ0n) is 14.3. The van der Waals surface area contributed by atoms with E-state index in [4.69, 9.17) is 4.42 Å². The SMILES string of the molecule is C=C1CC[C@H]2[C@](C)(CCC[C@@]2(C)C(=O)O)[C@@H]1CCc1ccoc1. The second kappa shape index (κ2) is 5.85. The summed E-state index contributed by atoms with van der Waals surface area (Å²) in [5.41, 5.74) is 2.02. The molecule has 0 radical (unpaired) electrons. The number of furan rings is 1. The Labute approximate surface area is 138 Å². The monoisotopic (exact) mass is 316 g/mol. The summed E-state index contributed by atoms with van der Waals surface area (Å²) in [4.78, 5) is 12.0. The van der Waals surface area contributed by atoms with Crippen molar-refractivity contribution in [3.63, 3.8) is 0 Å². The van der Waals surface area contributed by atoms with E-state index in [0.29, 0.717) is 5.92 Å². The average Bonchev–Trinajstić information content (AvgIpc) is 2.99. The maximum absolute atomic E-state index is 12.0. The van der Waals surface area contributed by atoms with E-state index in [2.05, 4.69) is 13.5 Å². The molecule has 2 aliphatic rings. The third kappa shape index (κ3) is 2.64. The van der Waals surface area contributed by atoms with Crippen LogP contribution in [0.3, 0.4) is 0 Å². The Morgan fingerprint density at radius 2 is 2.22 bits per heavy atom. The molecule has 3 heteroatoms. The van der Waals surface area contributed by atoms with Gasteiger partial charge in [0.2, 0.25) is 0 Å². The Balaban J connectivity index is 1.86. The van der Waals surface area contributed by atoms with E-state index < -0.39 is 11.4 Å². The topological polar surface area (TPSA) is 50.4 Å². The molecule has 1 aromatic heterocycles.